The lowest BCUT2D eigenvalue weighted by Crippen LogP contribution is -2.73. The van der Waals surface area contributed by atoms with Gasteiger partial charge in [-0.2, -0.15) is 5.26 Å². The van der Waals surface area contributed by atoms with E-state index in [-0.39, 0.29) is 11.8 Å². The maximum atomic E-state index is 13.6. The van der Waals surface area contributed by atoms with E-state index in [1.54, 1.807) is 16.8 Å². The van der Waals surface area contributed by atoms with E-state index in [2.05, 4.69) is 24.3 Å². The second-order valence-corrected chi connectivity index (χ2v) is 11.3. The molecule has 4 atom stereocenters. The highest BCUT2D eigenvalue weighted by Gasteiger charge is 2.74. The van der Waals surface area contributed by atoms with Crippen molar-refractivity contribution in [3.05, 3.63) is 34.9 Å². The quantitative estimate of drug-likeness (QED) is 0.678. The van der Waals surface area contributed by atoms with Gasteiger partial charge in [0.15, 0.2) is 9.74 Å². The zero-order valence-electron chi connectivity index (χ0n) is 15.6. The first-order valence-electron chi connectivity index (χ1n) is 9.29. The lowest BCUT2D eigenvalue weighted by Gasteiger charge is -2.57. The topological polar surface area (TPSA) is 64.4 Å². The summed E-state index contributed by atoms with van der Waals surface area (Å²) in [5, 5.41) is 10.1. The van der Waals surface area contributed by atoms with Gasteiger partial charge >= 0.3 is 0 Å². The van der Waals surface area contributed by atoms with Crippen LogP contribution in [0.1, 0.15) is 49.4 Å². The van der Waals surface area contributed by atoms with E-state index in [9.17, 15) is 14.9 Å². The van der Waals surface area contributed by atoms with E-state index >= 15 is 0 Å². The number of benzene rings is 1. The van der Waals surface area contributed by atoms with Gasteiger partial charge in [0, 0.05) is 13.5 Å². The Balaban J connectivity index is 1.71. The lowest BCUT2D eigenvalue weighted by atomic mass is 9.79. The summed E-state index contributed by atoms with van der Waals surface area (Å²) in [7, 11) is 4.63. The monoisotopic (exact) mass is 399 g/mol. The number of carbonyl (C=O) groups excluding carboxylic acids is 2. The van der Waals surface area contributed by atoms with Gasteiger partial charge in [-0.15, -0.1) is 0 Å². The number of piperazine rings is 1. The van der Waals surface area contributed by atoms with Crippen molar-refractivity contribution in [3.63, 3.8) is 0 Å². The van der Waals surface area contributed by atoms with E-state index in [4.69, 9.17) is 0 Å². The second-order valence-electron chi connectivity index (χ2n) is 8.46. The molecule has 140 valence electrons. The van der Waals surface area contributed by atoms with Crippen LogP contribution < -0.4 is 0 Å². The molecule has 1 spiro atoms. The van der Waals surface area contributed by atoms with Crippen LogP contribution in [0.5, 0.6) is 0 Å². The molecule has 0 N–H and O–H groups in total. The van der Waals surface area contributed by atoms with Crippen LogP contribution in [0.2, 0.25) is 0 Å². The van der Waals surface area contributed by atoms with Crippen LogP contribution in [0.15, 0.2) is 18.2 Å². The Bertz CT molecular complexity index is 944. The van der Waals surface area contributed by atoms with Crippen molar-refractivity contribution >= 4 is 33.4 Å². The number of carbonyl (C=O) groups is 2. The molecule has 4 fully saturated rings. The van der Waals surface area contributed by atoms with Crippen LogP contribution in [0.3, 0.4) is 0 Å². The number of rotatable bonds is 1. The second kappa shape index (κ2) is 5.24. The van der Waals surface area contributed by atoms with Crippen LogP contribution in [-0.4, -0.2) is 38.4 Å². The Labute approximate surface area is 166 Å². The smallest absolute Gasteiger partial charge is 0.261 e. The molecule has 4 saturated heterocycles. The Hall–Kier alpha value is -1.65. The molecule has 27 heavy (non-hydrogen) atoms. The maximum Gasteiger partial charge on any atom is 0.261 e. The van der Waals surface area contributed by atoms with Gasteiger partial charge in [-0.05, 0) is 49.8 Å². The first-order valence-corrected chi connectivity index (χ1v) is 11.4. The molecular weight excluding hydrogens is 378 g/mol. The van der Waals surface area contributed by atoms with Crippen LogP contribution >= 0.6 is 21.6 Å². The minimum atomic E-state index is -0.984. The fourth-order valence-corrected chi connectivity index (χ4v) is 8.76. The van der Waals surface area contributed by atoms with Gasteiger partial charge < -0.3 is 9.80 Å². The Morgan fingerprint density at radius 1 is 1.15 bits per heavy atom. The van der Waals surface area contributed by atoms with Crippen LogP contribution in [0, 0.1) is 16.7 Å². The minimum Gasteiger partial charge on any atom is -0.319 e. The number of likely N-dealkylation sites (N-methyl/N-ethyl adjacent to an activating group) is 1. The van der Waals surface area contributed by atoms with Gasteiger partial charge in [-0.1, -0.05) is 39.8 Å². The average Bonchev–Trinajstić information content (AvgIpc) is 3.23. The molecule has 6 rings (SSSR count). The van der Waals surface area contributed by atoms with Gasteiger partial charge in [-0.3, -0.25) is 9.59 Å². The molecule has 2 bridgehead atoms. The summed E-state index contributed by atoms with van der Waals surface area (Å²) in [6.07, 6.45) is 3.65. The molecule has 1 aromatic rings. The first-order chi connectivity index (χ1) is 12.8. The third-order valence-corrected chi connectivity index (χ3v) is 10.5. The molecule has 0 saturated carbocycles. The predicted molar refractivity (Wildman–Crippen MR) is 105 cm³/mol. The molecule has 5 aliphatic rings. The third kappa shape index (κ3) is 1.93. The average molecular weight is 400 g/mol. The van der Waals surface area contributed by atoms with E-state index in [0.29, 0.717) is 6.42 Å². The van der Waals surface area contributed by atoms with E-state index in [1.807, 2.05) is 13.8 Å². The Kier molecular flexibility index (Phi) is 3.38. The van der Waals surface area contributed by atoms with E-state index in [0.717, 1.165) is 24.8 Å². The molecule has 5 nitrogen and oxygen atoms in total. The normalized spacial score (nSPS) is 39.6. The molecule has 0 aromatic heterocycles. The SMILES string of the molecule is CN1C(=O)[C@@]23C[C@](C)(C#N)[C@@H](c4ccc5c(c4)CCC5)N2C(=O)[C@]1(C)SS3. The van der Waals surface area contributed by atoms with Crippen molar-refractivity contribution in [2.45, 2.75) is 55.3 Å². The number of aryl methyl sites for hydroxylation is 2. The highest BCUT2D eigenvalue weighted by atomic mass is 33.1. The van der Waals surface area contributed by atoms with Crippen molar-refractivity contribution in [2.75, 3.05) is 7.05 Å². The van der Waals surface area contributed by atoms with Gasteiger partial charge in [0.2, 0.25) is 0 Å². The van der Waals surface area contributed by atoms with Gasteiger partial charge in [0.1, 0.15) is 0 Å². The van der Waals surface area contributed by atoms with Gasteiger partial charge in [0.25, 0.3) is 11.8 Å². The number of hydrogen-bond donors (Lipinski definition) is 0. The van der Waals surface area contributed by atoms with Crippen molar-refractivity contribution in [2.24, 2.45) is 5.41 Å². The molecular formula is C20H21N3O2S2. The highest BCUT2D eigenvalue weighted by molar-refractivity contribution is 8.78. The molecule has 1 aliphatic carbocycles. The van der Waals surface area contributed by atoms with Crippen molar-refractivity contribution < 1.29 is 9.59 Å². The number of fused-ring (bicyclic) bond motifs is 3. The Morgan fingerprint density at radius 2 is 1.89 bits per heavy atom. The number of amides is 2. The number of hydrogen-bond acceptors (Lipinski definition) is 5. The maximum absolute atomic E-state index is 13.6. The summed E-state index contributed by atoms with van der Waals surface area (Å²) in [4.78, 5) is 28.3. The molecule has 1 aromatic carbocycles. The largest absolute Gasteiger partial charge is 0.319 e. The lowest BCUT2D eigenvalue weighted by molar-refractivity contribution is -0.164. The third-order valence-electron chi connectivity index (χ3n) is 6.79. The van der Waals surface area contributed by atoms with E-state index < -0.39 is 21.2 Å². The van der Waals surface area contributed by atoms with E-state index in [1.165, 1.54) is 32.7 Å². The summed E-state index contributed by atoms with van der Waals surface area (Å²) >= 11 is 0. The minimum absolute atomic E-state index is 0.0570. The van der Waals surface area contributed by atoms with Crippen molar-refractivity contribution in [1.29, 1.82) is 5.26 Å². The van der Waals surface area contributed by atoms with Crippen molar-refractivity contribution in [3.8, 4) is 6.07 Å². The summed E-state index contributed by atoms with van der Waals surface area (Å²) in [6.45, 7) is 3.72. The molecule has 2 amide bonds. The van der Waals surface area contributed by atoms with Crippen LogP contribution in [0.25, 0.3) is 0 Å². The van der Waals surface area contributed by atoms with Gasteiger partial charge in [-0.25, -0.2) is 0 Å². The Morgan fingerprint density at radius 3 is 2.63 bits per heavy atom. The predicted octanol–water partition coefficient (Wildman–Crippen LogP) is 3.26. The highest BCUT2D eigenvalue weighted by Crippen LogP contribution is 2.69. The summed E-state index contributed by atoms with van der Waals surface area (Å²) in [5.74, 6) is -0.115. The molecule has 4 aliphatic heterocycles. The number of nitrogens with zero attached hydrogens (tertiary/aromatic N) is 3. The molecule has 0 radical (unpaired) electrons. The summed E-state index contributed by atoms with van der Waals surface area (Å²) < 4.78 is 0. The fourth-order valence-electron chi connectivity index (χ4n) is 5.18. The molecule has 0 unspecified atom stereocenters. The molecule has 7 heteroatoms. The molecule has 4 heterocycles. The zero-order chi connectivity index (χ0) is 19.2. The summed E-state index contributed by atoms with van der Waals surface area (Å²) in [6, 6.07) is 8.45. The van der Waals surface area contributed by atoms with Crippen molar-refractivity contribution in [1.82, 2.24) is 9.80 Å². The fraction of sp³-hybridized carbons (Fsp3) is 0.550. The van der Waals surface area contributed by atoms with Crippen LogP contribution in [-0.2, 0) is 22.4 Å². The number of nitriles is 1. The summed E-state index contributed by atoms with van der Waals surface area (Å²) in [5.41, 5.74) is 2.87. The zero-order valence-corrected chi connectivity index (χ0v) is 17.2. The first kappa shape index (κ1) is 17.4. The standard InChI is InChI=1S/C20H21N3O2S2/c1-18(11-21)10-20-17(25)22(3)19(2,26-27-20)16(24)23(20)15(18)14-8-7-12-5-4-6-13(12)9-14/h7-9,15H,4-6,10H2,1-3H3/t15-,18-,19+,20+/m1/s1. The van der Waals surface area contributed by atoms with Crippen LogP contribution in [0.4, 0.5) is 0 Å². The van der Waals surface area contributed by atoms with Gasteiger partial charge in [0.05, 0.1) is 17.5 Å².